The molecule has 0 aliphatic carbocycles. The molecule has 148 valence electrons. The lowest BCUT2D eigenvalue weighted by Crippen LogP contribution is -2.27. The van der Waals surface area contributed by atoms with Crippen molar-refractivity contribution in [3.63, 3.8) is 0 Å². The van der Waals surface area contributed by atoms with E-state index in [1.807, 2.05) is 6.07 Å². The van der Waals surface area contributed by atoms with Crippen LogP contribution in [-0.4, -0.2) is 31.1 Å². The number of nitrogens with zero attached hydrogens (tertiary/aromatic N) is 1. The zero-order valence-electron chi connectivity index (χ0n) is 15.6. The highest BCUT2D eigenvalue weighted by atomic mass is 79.9. The van der Waals surface area contributed by atoms with Crippen LogP contribution in [0.25, 0.3) is 6.08 Å². The van der Waals surface area contributed by atoms with Gasteiger partial charge >= 0.3 is 0 Å². The summed E-state index contributed by atoms with van der Waals surface area (Å²) in [5, 5.41) is 0. The third kappa shape index (κ3) is 4.58. The van der Waals surface area contributed by atoms with Crippen LogP contribution in [0.3, 0.4) is 0 Å². The highest BCUT2D eigenvalue weighted by Crippen LogP contribution is 2.40. The zero-order chi connectivity index (χ0) is 21.0. The topological polar surface area (TPSA) is 48.0 Å². The molecular formula is C21H16BrNO4S2. The molecule has 1 saturated heterocycles. The van der Waals surface area contributed by atoms with Crippen LogP contribution in [0.5, 0.6) is 17.2 Å². The van der Waals surface area contributed by atoms with Crippen LogP contribution in [0.15, 0.2) is 45.8 Å². The lowest BCUT2D eigenvalue weighted by Gasteiger charge is -2.14. The molecule has 2 aromatic rings. The number of hydrogen-bond donors (Lipinski definition) is 0. The SMILES string of the molecule is C#CCOc1c(Br)cc(/C=C2/SC(=S)N(c3ccc(OC)cc3)C2=O)cc1OC. The monoisotopic (exact) mass is 489 g/mol. The lowest BCUT2D eigenvalue weighted by molar-refractivity contribution is -0.113. The third-order valence-electron chi connectivity index (χ3n) is 3.97. The normalized spacial score (nSPS) is 14.8. The van der Waals surface area contributed by atoms with Crippen molar-refractivity contribution in [1.82, 2.24) is 0 Å². The summed E-state index contributed by atoms with van der Waals surface area (Å²) >= 11 is 10.1. The van der Waals surface area contributed by atoms with E-state index in [1.165, 1.54) is 23.8 Å². The first-order chi connectivity index (χ1) is 14.0. The number of halogens is 1. The van der Waals surface area contributed by atoms with Gasteiger partial charge in [0.25, 0.3) is 5.91 Å². The van der Waals surface area contributed by atoms with Crippen molar-refractivity contribution >= 4 is 61.9 Å². The minimum atomic E-state index is -0.187. The van der Waals surface area contributed by atoms with Crippen molar-refractivity contribution in [2.45, 2.75) is 0 Å². The highest BCUT2D eigenvalue weighted by Gasteiger charge is 2.33. The number of ether oxygens (including phenoxy) is 3. The van der Waals surface area contributed by atoms with Gasteiger partial charge < -0.3 is 14.2 Å². The van der Waals surface area contributed by atoms with Gasteiger partial charge in [-0.25, -0.2) is 0 Å². The first-order valence-corrected chi connectivity index (χ1v) is 10.4. The second-order valence-electron chi connectivity index (χ2n) is 5.74. The fraction of sp³-hybridized carbons (Fsp3) is 0.143. The van der Waals surface area contributed by atoms with E-state index in [-0.39, 0.29) is 12.5 Å². The molecule has 3 rings (SSSR count). The molecule has 0 aromatic heterocycles. The van der Waals surface area contributed by atoms with Gasteiger partial charge in [-0.3, -0.25) is 9.69 Å². The molecule has 0 radical (unpaired) electrons. The van der Waals surface area contributed by atoms with Crippen LogP contribution < -0.4 is 19.1 Å². The molecule has 5 nitrogen and oxygen atoms in total. The number of anilines is 1. The number of thioether (sulfide) groups is 1. The van der Waals surface area contributed by atoms with Gasteiger partial charge in [-0.1, -0.05) is 29.9 Å². The van der Waals surface area contributed by atoms with Crippen LogP contribution in [0, 0.1) is 12.3 Å². The predicted octanol–water partition coefficient (Wildman–Crippen LogP) is 4.88. The first-order valence-electron chi connectivity index (χ1n) is 8.34. The summed E-state index contributed by atoms with van der Waals surface area (Å²) in [4.78, 5) is 15.0. The number of hydrogen-bond acceptors (Lipinski definition) is 6. The second kappa shape index (κ2) is 9.35. The van der Waals surface area contributed by atoms with Gasteiger partial charge in [0.2, 0.25) is 0 Å². The number of rotatable bonds is 6. The maximum absolute atomic E-state index is 13.0. The fourth-order valence-corrected chi connectivity index (χ4v) is 4.52. The van der Waals surface area contributed by atoms with Crippen LogP contribution in [0.2, 0.25) is 0 Å². The molecule has 1 amide bonds. The number of thiocarbonyl (C=S) groups is 1. The van der Waals surface area contributed by atoms with E-state index >= 15 is 0 Å². The summed E-state index contributed by atoms with van der Waals surface area (Å²) in [5.74, 6) is 3.95. The molecule has 1 fully saturated rings. The quantitative estimate of drug-likeness (QED) is 0.327. The minimum absolute atomic E-state index is 0.120. The molecule has 0 N–H and O–H groups in total. The van der Waals surface area contributed by atoms with Gasteiger partial charge in [0.1, 0.15) is 12.4 Å². The zero-order valence-corrected chi connectivity index (χ0v) is 18.8. The van der Waals surface area contributed by atoms with Gasteiger partial charge in [0.05, 0.1) is 29.3 Å². The van der Waals surface area contributed by atoms with Gasteiger partial charge in [0.15, 0.2) is 15.8 Å². The smallest absolute Gasteiger partial charge is 0.270 e. The van der Waals surface area contributed by atoms with Gasteiger partial charge in [-0.15, -0.1) is 6.42 Å². The Morgan fingerprint density at radius 1 is 1.24 bits per heavy atom. The largest absolute Gasteiger partial charge is 0.497 e. The van der Waals surface area contributed by atoms with Crippen molar-refractivity contribution in [2.75, 3.05) is 25.7 Å². The van der Waals surface area contributed by atoms with Crippen molar-refractivity contribution in [1.29, 1.82) is 0 Å². The van der Waals surface area contributed by atoms with Crippen molar-refractivity contribution in [2.24, 2.45) is 0 Å². The Labute approximate surface area is 187 Å². The Morgan fingerprint density at radius 3 is 2.59 bits per heavy atom. The van der Waals surface area contributed by atoms with E-state index in [4.69, 9.17) is 32.9 Å². The Kier molecular flexibility index (Phi) is 6.85. The number of amides is 1. The van der Waals surface area contributed by atoms with Gasteiger partial charge in [-0.05, 0) is 64.0 Å². The summed E-state index contributed by atoms with van der Waals surface area (Å²) in [7, 11) is 3.13. The number of carbonyl (C=O) groups excluding carboxylic acids is 1. The average molecular weight is 490 g/mol. The van der Waals surface area contributed by atoms with E-state index in [9.17, 15) is 4.79 Å². The molecule has 29 heavy (non-hydrogen) atoms. The summed E-state index contributed by atoms with van der Waals surface area (Å²) in [5.41, 5.74) is 1.45. The molecule has 1 aliphatic heterocycles. The number of carbonyl (C=O) groups is 1. The standard InChI is InChI=1S/C21H16BrNO4S2/c1-4-9-27-19-16(22)10-13(11-17(19)26-3)12-18-20(24)23(21(28)29-18)14-5-7-15(25-2)8-6-14/h1,5-8,10-12H,9H2,2-3H3/b18-12+. The van der Waals surface area contributed by atoms with Crippen molar-refractivity contribution in [3.05, 3.63) is 51.3 Å². The molecule has 1 aliphatic rings. The van der Waals surface area contributed by atoms with Crippen molar-refractivity contribution < 1.29 is 19.0 Å². The summed E-state index contributed by atoms with van der Waals surface area (Å²) in [6.45, 7) is 0.120. The summed E-state index contributed by atoms with van der Waals surface area (Å²) < 4.78 is 17.2. The molecule has 0 bridgehead atoms. The van der Waals surface area contributed by atoms with E-state index < -0.39 is 0 Å². The van der Waals surface area contributed by atoms with E-state index in [1.54, 1.807) is 43.5 Å². The first kappa shape index (κ1) is 21.2. The predicted molar refractivity (Wildman–Crippen MR) is 124 cm³/mol. The molecule has 2 aromatic carbocycles. The van der Waals surface area contributed by atoms with E-state index in [0.717, 1.165) is 5.56 Å². The van der Waals surface area contributed by atoms with Gasteiger partial charge in [-0.2, -0.15) is 0 Å². The Bertz CT molecular complexity index is 1030. The molecule has 0 saturated carbocycles. The second-order valence-corrected chi connectivity index (χ2v) is 8.27. The molecule has 0 spiro atoms. The summed E-state index contributed by atoms with van der Waals surface area (Å²) in [6, 6.07) is 10.8. The highest BCUT2D eigenvalue weighted by molar-refractivity contribution is 9.10. The summed E-state index contributed by atoms with van der Waals surface area (Å²) in [6.07, 6.45) is 7.02. The van der Waals surface area contributed by atoms with Gasteiger partial charge in [0, 0.05) is 0 Å². The minimum Gasteiger partial charge on any atom is -0.497 e. The Hall–Kier alpha value is -2.47. The molecule has 0 unspecified atom stereocenters. The maximum atomic E-state index is 13.0. The van der Waals surface area contributed by atoms with E-state index in [0.29, 0.717) is 36.6 Å². The number of methoxy groups -OCH3 is 2. The number of benzene rings is 2. The molecule has 1 heterocycles. The maximum Gasteiger partial charge on any atom is 0.270 e. The van der Waals surface area contributed by atoms with Crippen LogP contribution >= 0.6 is 39.9 Å². The van der Waals surface area contributed by atoms with Crippen LogP contribution in [0.4, 0.5) is 5.69 Å². The fourth-order valence-electron chi connectivity index (χ4n) is 2.65. The Balaban J connectivity index is 1.91. The molecule has 8 heteroatoms. The van der Waals surface area contributed by atoms with Crippen LogP contribution in [0.1, 0.15) is 5.56 Å². The number of terminal acetylenes is 1. The Morgan fingerprint density at radius 2 is 1.97 bits per heavy atom. The molecule has 0 atom stereocenters. The lowest BCUT2D eigenvalue weighted by atomic mass is 10.1. The third-order valence-corrected chi connectivity index (χ3v) is 5.86. The van der Waals surface area contributed by atoms with E-state index in [2.05, 4.69) is 21.9 Å². The average Bonchev–Trinajstić information content (AvgIpc) is 3.00. The van der Waals surface area contributed by atoms with Crippen LogP contribution in [-0.2, 0) is 4.79 Å². The molecular weight excluding hydrogens is 474 g/mol. The van der Waals surface area contributed by atoms with Crippen molar-refractivity contribution in [3.8, 4) is 29.6 Å².